The maximum absolute atomic E-state index is 11.9. The highest BCUT2D eigenvalue weighted by Gasteiger charge is 2.37. The molecule has 3 N–H and O–H groups in total. The Labute approximate surface area is 86.4 Å². The van der Waals surface area contributed by atoms with Gasteiger partial charge in [0.05, 0.1) is 5.54 Å². The molecule has 14 heavy (non-hydrogen) atoms. The van der Waals surface area contributed by atoms with Crippen LogP contribution < -0.4 is 11.1 Å². The van der Waals surface area contributed by atoms with Crippen molar-refractivity contribution in [3.8, 4) is 0 Å². The van der Waals surface area contributed by atoms with Gasteiger partial charge in [0, 0.05) is 6.04 Å². The number of hydrogen-bond acceptors (Lipinski definition) is 2. The van der Waals surface area contributed by atoms with Crippen LogP contribution in [-0.4, -0.2) is 17.5 Å². The molecule has 3 nitrogen and oxygen atoms in total. The zero-order chi connectivity index (χ0) is 10.6. The van der Waals surface area contributed by atoms with E-state index in [4.69, 9.17) is 5.73 Å². The number of carbonyl (C=O) groups excluding carboxylic acids is 1. The lowest BCUT2D eigenvalue weighted by Crippen LogP contribution is -2.54. The summed E-state index contributed by atoms with van der Waals surface area (Å²) in [5, 5.41) is 3.03. The number of nitrogens with one attached hydrogen (secondary N) is 1. The molecule has 0 heterocycles. The zero-order valence-electron chi connectivity index (χ0n) is 9.31. The van der Waals surface area contributed by atoms with Crippen LogP contribution in [0.3, 0.4) is 0 Å². The summed E-state index contributed by atoms with van der Waals surface area (Å²) in [6, 6.07) is 0.295. The van der Waals surface area contributed by atoms with E-state index in [0.29, 0.717) is 6.04 Å². The fourth-order valence-corrected chi connectivity index (χ4v) is 2.05. The van der Waals surface area contributed by atoms with Crippen molar-refractivity contribution >= 4 is 5.91 Å². The normalized spacial score (nSPS) is 20.0. The summed E-state index contributed by atoms with van der Waals surface area (Å²) >= 11 is 0. The Kier molecular flexibility index (Phi) is 3.93. The SMILES string of the molecule is CCC(CC)NC(=O)C1(N)CCCC1. The molecule has 82 valence electrons. The second-order valence-electron chi connectivity index (χ2n) is 4.35. The fraction of sp³-hybridized carbons (Fsp3) is 0.909. The standard InChI is InChI=1S/C11H22N2O/c1-3-9(4-2)13-10(14)11(12)7-5-6-8-11/h9H,3-8,12H2,1-2H3,(H,13,14). The number of amides is 1. The molecule has 0 spiro atoms. The molecule has 1 amide bonds. The predicted octanol–water partition coefficient (Wildman–Crippen LogP) is 1.56. The highest BCUT2D eigenvalue weighted by Crippen LogP contribution is 2.27. The van der Waals surface area contributed by atoms with Crippen molar-refractivity contribution in [2.45, 2.75) is 64.0 Å². The van der Waals surface area contributed by atoms with E-state index in [-0.39, 0.29) is 5.91 Å². The van der Waals surface area contributed by atoms with Crippen molar-refractivity contribution in [3.63, 3.8) is 0 Å². The van der Waals surface area contributed by atoms with Crippen LogP contribution in [0, 0.1) is 0 Å². The summed E-state index contributed by atoms with van der Waals surface area (Å²) in [6.07, 6.45) is 5.84. The largest absolute Gasteiger partial charge is 0.352 e. The molecule has 0 aromatic carbocycles. The van der Waals surface area contributed by atoms with E-state index in [1.165, 1.54) is 0 Å². The predicted molar refractivity (Wildman–Crippen MR) is 57.9 cm³/mol. The molecule has 0 bridgehead atoms. The van der Waals surface area contributed by atoms with Crippen molar-refractivity contribution in [1.82, 2.24) is 5.32 Å². The Bertz CT molecular complexity index is 193. The van der Waals surface area contributed by atoms with Crippen LogP contribution in [0.25, 0.3) is 0 Å². The van der Waals surface area contributed by atoms with Gasteiger partial charge in [0.25, 0.3) is 0 Å². The van der Waals surface area contributed by atoms with E-state index in [2.05, 4.69) is 19.2 Å². The summed E-state index contributed by atoms with van der Waals surface area (Å²) < 4.78 is 0. The third-order valence-corrected chi connectivity index (χ3v) is 3.27. The van der Waals surface area contributed by atoms with Gasteiger partial charge in [-0.15, -0.1) is 0 Å². The first-order valence-electron chi connectivity index (χ1n) is 5.72. The first-order chi connectivity index (χ1) is 6.62. The minimum absolute atomic E-state index is 0.0590. The van der Waals surface area contributed by atoms with Gasteiger partial charge in [-0.25, -0.2) is 0 Å². The Morgan fingerprint density at radius 1 is 1.36 bits per heavy atom. The second-order valence-corrected chi connectivity index (χ2v) is 4.35. The summed E-state index contributed by atoms with van der Waals surface area (Å²) in [4.78, 5) is 11.9. The maximum Gasteiger partial charge on any atom is 0.240 e. The van der Waals surface area contributed by atoms with Crippen molar-refractivity contribution in [3.05, 3.63) is 0 Å². The van der Waals surface area contributed by atoms with Gasteiger partial charge < -0.3 is 11.1 Å². The molecule has 1 saturated carbocycles. The molecule has 3 heteroatoms. The lowest BCUT2D eigenvalue weighted by molar-refractivity contribution is -0.126. The quantitative estimate of drug-likeness (QED) is 0.720. The number of nitrogens with two attached hydrogens (primary N) is 1. The number of carbonyl (C=O) groups is 1. The van der Waals surface area contributed by atoms with E-state index in [1.54, 1.807) is 0 Å². The Hall–Kier alpha value is -0.570. The molecule has 1 rings (SSSR count). The van der Waals surface area contributed by atoms with Crippen molar-refractivity contribution in [2.75, 3.05) is 0 Å². The highest BCUT2D eigenvalue weighted by atomic mass is 16.2. The van der Waals surface area contributed by atoms with Gasteiger partial charge >= 0.3 is 0 Å². The van der Waals surface area contributed by atoms with Crippen LogP contribution >= 0.6 is 0 Å². The third kappa shape index (κ3) is 2.47. The van der Waals surface area contributed by atoms with Gasteiger partial charge in [-0.05, 0) is 25.7 Å². The van der Waals surface area contributed by atoms with Gasteiger partial charge in [0.15, 0.2) is 0 Å². The van der Waals surface area contributed by atoms with Gasteiger partial charge in [0.2, 0.25) is 5.91 Å². The summed E-state index contributed by atoms with van der Waals surface area (Å²) in [5.74, 6) is 0.0590. The van der Waals surface area contributed by atoms with Crippen LogP contribution in [0.15, 0.2) is 0 Å². The average Bonchev–Trinajstić information content (AvgIpc) is 2.62. The zero-order valence-corrected chi connectivity index (χ0v) is 9.31. The molecule has 0 aromatic heterocycles. The molecule has 0 saturated heterocycles. The molecule has 0 radical (unpaired) electrons. The van der Waals surface area contributed by atoms with Crippen molar-refractivity contribution in [2.24, 2.45) is 5.73 Å². The van der Waals surface area contributed by atoms with E-state index in [9.17, 15) is 4.79 Å². The lowest BCUT2D eigenvalue weighted by atomic mass is 9.97. The Balaban J connectivity index is 2.48. The molecule has 1 aliphatic carbocycles. The minimum atomic E-state index is -0.567. The monoisotopic (exact) mass is 198 g/mol. The summed E-state index contributed by atoms with van der Waals surface area (Å²) in [6.45, 7) is 4.18. The van der Waals surface area contributed by atoms with Crippen molar-refractivity contribution in [1.29, 1.82) is 0 Å². The van der Waals surface area contributed by atoms with E-state index < -0.39 is 5.54 Å². The van der Waals surface area contributed by atoms with Gasteiger partial charge in [-0.1, -0.05) is 26.7 Å². The molecule has 0 aliphatic heterocycles. The highest BCUT2D eigenvalue weighted by molar-refractivity contribution is 5.86. The van der Waals surface area contributed by atoms with Gasteiger partial charge in [-0.2, -0.15) is 0 Å². The average molecular weight is 198 g/mol. The Morgan fingerprint density at radius 3 is 2.29 bits per heavy atom. The van der Waals surface area contributed by atoms with E-state index in [0.717, 1.165) is 38.5 Å². The van der Waals surface area contributed by atoms with Crippen LogP contribution in [0.2, 0.25) is 0 Å². The molecule has 1 fully saturated rings. The molecule has 0 atom stereocenters. The summed E-state index contributed by atoms with van der Waals surface area (Å²) in [5.41, 5.74) is 5.48. The van der Waals surface area contributed by atoms with Gasteiger partial charge in [0.1, 0.15) is 0 Å². The summed E-state index contributed by atoms with van der Waals surface area (Å²) in [7, 11) is 0. The molecule has 1 aliphatic rings. The molecule has 0 aromatic rings. The Morgan fingerprint density at radius 2 is 1.86 bits per heavy atom. The lowest BCUT2D eigenvalue weighted by Gasteiger charge is -2.25. The minimum Gasteiger partial charge on any atom is -0.352 e. The van der Waals surface area contributed by atoms with E-state index >= 15 is 0 Å². The number of hydrogen-bond donors (Lipinski definition) is 2. The third-order valence-electron chi connectivity index (χ3n) is 3.27. The molecular formula is C11H22N2O. The van der Waals surface area contributed by atoms with Crippen LogP contribution in [0.4, 0.5) is 0 Å². The maximum atomic E-state index is 11.9. The van der Waals surface area contributed by atoms with Gasteiger partial charge in [-0.3, -0.25) is 4.79 Å². The second kappa shape index (κ2) is 4.78. The topological polar surface area (TPSA) is 55.1 Å². The molecule has 0 unspecified atom stereocenters. The van der Waals surface area contributed by atoms with Crippen LogP contribution in [0.5, 0.6) is 0 Å². The van der Waals surface area contributed by atoms with E-state index in [1.807, 2.05) is 0 Å². The van der Waals surface area contributed by atoms with Crippen molar-refractivity contribution < 1.29 is 4.79 Å². The first-order valence-corrected chi connectivity index (χ1v) is 5.72. The smallest absolute Gasteiger partial charge is 0.240 e. The fourth-order valence-electron chi connectivity index (χ4n) is 2.05. The van der Waals surface area contributed by atoms with Crippen LogP contribution in [0.1, 0.15) is 52.4 Å². The number of rotatable bonds is 4. The molecular weight excluding hydrogens is 176 g/mol. The first kappa shape index (κ1) is 11.5. The van der Waals surface area contributed by atoms with Crippen LogP contribution in [-0.2, 0) is 4.79 Å².